The first kappa shape index (κ1) is 20.0. The summed E-state index contributed by atoms with van der Waals surface area (Å²) in [6.45, 7) is 0. The molecule has 0 bridgehead atoms. The van der Waals surface area contributed by atoms with Crippen LogP contribution in [-0.2, 0) is 22.4 Å². The van der Waals surface area contributed by atoms with Crippen molar-refractivity contribution < 1.29 is 39.2 Å². The van der Waals surface area contributed by atoms with E-state index in [1.807, 2.05) is 0 Å². The highest BCUT2D eigenvalue weighted by atomic mass is 32.2. The number of benzene rings is 2. The van der Waals surface area contributed by atoms with Crippen LogP contribution in [0.25, 0.3) is 0 Å². The normalized spacial score (nSPS) is 12.9. The van der Waals surface area contributed by atoms with E-state index >= 15 is 0 Å². The van der Waals surface area contributed by atoms with Gasteiger partial charge in [0.25, 0.3) is 10.0 Å². The molecular formula is C15H10F7NO2S. The molecule has 11 heteroatoms. The molecule has 0 heterocycles. The maximum Gasteiger partial charge on any atom is 0.416 e. The van der Waals surface area contributed by atoms with Gasteiger partial charge in [-0.05, 0) is 30.3 Å². The van der Waals surface area contributed by atoms with Crippen LogP contribution in [0.3, 0.4) is 0 Å². The van der Waals surface area contributed by atoms with Crippen LogP contribution in [0.15, 0.2) is 47.4 Å². The van der Waals surface area contributed by atoms with Crippen LogP contribution in [0.1, 0.15) is 11.1 Å². The molecule has 0 fully saturated rings. The fourth-order valence-electron chi connectivity index (χ4n) is 2.07. The molecule has 0 spiro atoms. The van der Waals surface area contributed by atoms with Gasteiger partial charge in [-0.25, -0.2) is 12.8 Å². The Morgan fingerprint density at radius 1 is 0.846 bits per heavy atom. The highest BCUT2D eigenvalue weighted by Gasteiger charge is 2.39. The number of nitrogens with zero attached hydrogens (tertiary/aromatic N) is 1. The lowest BCUT2D eigenvalue weighted by molar-refractivity contribution is -0.143. The third-order valence-electron chi connectivity index (χ3n) is 3.41. The lowest BCUT2D eigenvalue weighted by atomic mass is 10.1. The lowest BCUT2D eigenvalue weighted by Crippen LogP contribution is -2.28. The molecule has 0 amide bonds. The number of hydrogen-bond acceptors (Lipinski definition) is 2. The van der Waals surface area contributed by atoms with E-state index in [-0.39, 0.29) is 22.5 Å². The van der Waals surface area contributed by atoms with Crippen molar-refractivity contribution in [2.45, 2.75) is 17.2 Å². The molecule has 0 aromatic heterocycles. The minimum absolute atomic E-state index is 0.0713. The number of anilines is 1. The summed E-state index contributed by atoms with van der Waals surface area (Å²) in [5, 5.41) is 0. The Morgan fingerprint density at radius 2 is 1.31 bits per heavy atom. The standard InChI is InChI=1S/C15H10F7NO2S/c1-23(13-5-3-2-4-12(13)16)26(24,25)11-7-9(14(17,18)19)6-10(8-11)15(20,21)22/h2-8H,1H3. The summed E-state index contributed by atoms with van der Waals surface area (Å²) in [4.78, 5) is -1.26. The largest absolute Gasteiger partial charge is 0.416 e. The highest BCUT2D eigenvalue weighted by Crippen LogP contribution is 2.38. The quantitative estimate of drug-likeness (QED) is 0.700. The molecule has 0 N–H and O–H groups in total. The minimum atomic E-state index is -5.21. The molecule has 0 aliphatic rings. The van der Waals surface area contributed by atoms with Crippen molar-refractivity contribution in [1.82, 2.24) is 0 Å². The molecule has 2 aromatic rings. The molecule has 0 saturated carbocycles. The maximum absolute atomic E-state index is 13.8. The van der Waals surface area contributed by atoms with Gasteiger partial charge in [-0.15, -0.1) is 0 Å². The molecule has 0 aliphatic heterocycles. The van der Waals surface area contributed by atoms with Crippen LogP contribution in [0.2, 0.25) is 0 Å². The van der Waals surface area contributed by atoms with Gasteiger partial charge < -0.3 is 0 Å². The van der Waals surface area contributed by atoms with Gasteiger partial charge in [-0.3, -0.25) is 4.31 Å². The average Bonchev–Trinajstić information content (AvgIpc) is 2.52. The van der Waals surface area contributed by atoms with Crippen molar-refractivity contribution >= 4 is 15.7 Å². The van der Waals surface area contributed by atoms with Gasteiger partial charge in [0.2, 0.25) is 0 Å². The predicted molar refractivity (Wildman–Crippen MR) is 78.4 cm³/mol. The zero-order valence-electron chi connectivity index (χ0n) is 12.9. The van der Waals surface area contributed by atoms with E-state index < -0.39 is 49.9 Å². The van der Waals surface area contributed by atoms with Gasteiger partial charge in [-0.2, -0.15) is 26.3 Å². The van der Waals surface area contributed by atoms with E-state index in [2.05, 4.69) is 0 Å². The molecule has 142 valence electrons. The zero-order valence-corrected chi connectivity index (χ0v) is 13.7. The summed E-state index contributed by atoms with van der Waals surface area (Å²) in [5.74, 6) is -1.01. The van der Waals surface area contributed by atoms with Crippen LogP contribution >= 0.6 is 0 Å². The van der Waals surface area contributed by atoms with Gasteiger partial charge in [0.1, 0.15) is 5.82 Å². The van der Waals surface area contributed by atoms with Gasteiger partial charge in [0.15, 0.2) is 0 Å². The van der Waals surface area contributed by atoms with Gasteiger partial charge in [0, 0.05) is 7.05 Å². The first-order chi connectivity index (χ1) is 11.7. The van der Waals surface area contributed by atoms with E-state index in [0.29, 0.717) is 0 Å². The number of sulfonamides is 1. The summed E-state index contributed by atoms with van der Waals surface area (Å²) in [5.41, 5.74) is -4.10. The molecule has 0 atom stereocenters. The van der Waals surface area contributed by atoms with E-state index in [9.17, 15) is 39.2 Å². The summed E-state index contributed by atoms with van der Waals surface area (Å²) in [6.07, 6.45) is -10.4. The fourth-order valence-corrected chi connectivity index (χ4v) is 3.35. The number of hydrogen-bond donors (Lipinski definition) is 0. The SMILES string of the molecule is CN(c1ccccc1F)S(=O)(=O)c1cc(C(F)(F)F)cc(C(F)(F)F)c1. The number of para-hydroxylation sites is 1. The van der Waals surface area contributed by atoms with Crippen LogP contribution in [0.5, 0.6) is 0 Å². The second-order valence-electron chi connectivity index (χ2n) is 5.17. The van der Waals surface area contributed by atoms with Crippen molar-refractivity contribution in [3.05, 3.63) is 59.4 Å². The Labute approximate surface area is 143 Å². The third-order valence-corrected chi connectivity index (χ3v) is 5.16. The van der Waals surface area contributed by atoms with Crippen LogP contribution in [0, 0.1) is 5.82 Å². The molecule has 0 saturated heterocycles. The number of alkyl halides is 6. The molecule has 26 heavy (non-hydrogen) atoms. The molecule has 0 aliphatic carbocycles. The summed E-state index contributed by atoms with van der Waals surface area (Å²) in [6, 6.07) is 4.37. The van der Waals surface area contributed by atoms with Gasteiger partial charge >= 0.3 is 12.4 Å². The Morgan fingerprint density at radius 3 is 1.73 bits per heavy atom. The predicted octanol–water partition coefficient (Wildman–Crippen LogP) is 4.69. The van der Waals surface area contributed by atoms with Crippen molar-refractivity contribution in [1.29, 1.82) is 0 Å². The maximum atomic E-state index is 13.8. The zero-order chi connectivity index (χ0) is 19.9. The molecule has 2 rings (SSSR count). The van der Waals surface area contributed by atoms with Crippen LogP contribution in [0.4, 0.5) is 36.4 Å². The topological polar surface area (TPSA) is 37.4 Å². The van der Waals surface area contributed by atoms with E-state index in [1.54, 1.807) is 0 Å². The smallest absolute Gasteiger partial charge is 0.266 e. The first-order valence-corrected chi connectivity index (χ1v) is 8.21. The summed E-state index contributed by atoms with van der Waals surface area (Å²) in [7, 11) is -4.07. The Kier molecular flexibility index (Phi) is 4.97. The monoisotopic (exact) mass is 401 g/mol. The molecular weight excluding hydrogens is 391 g/mol. The van der Waals surface area contributed by atoms with Crippen molar-refractivity contribution in [2.75, 3.05) is 11.4 Å². The Bertz CT molecular complexity index is 888. The number of halogens is 7. The van der Waals surface area contributed by atoms with Crippen molar-refractivity contribution in [3.63, 3.8) is 0 Å². The van der Waals surface area contributed by atoms with Crippen molar-refractivity contribution in [2.24, 2.45) is 0 Å². The average molecular weight is 401 g/mol. The summed E-state index contributed by atoms with van der Waals surface area (Å²) < 4.78 is 116. The minimum Gasteiger partial charge on any atom is -0.266 e. The molecule has 3 nitrogen and oxygen atoms in total. The van der Waals surface area contributed by atoms with Crippen molar-refractivity contribution in [3.8, 4) is 0 Å². The second kappa shape index (κ2) is 6.45. The Balaban J connectivity index is 2.67. The molecule has 0 unspecified atom stereocenters. The van der Waals surface area contributed by atoms with E-state index in [1.165, 1.54) is 12.1 Å². The summed E-state index contributed by atoms with van der Waals surface area (Å²) >= 11 is 0. The number of rotatable bonds is 3. The van der Waals surface area contributed by atoms with Gasteiger partial charge in [-0.1, -0.05) is 12.1 Å². The van der Waals surface area contributed by atoms with Crippen LogP contribution < -0.4 is 4.31 Å². The lowest BCUT2D eigenvalue weighted by Gasteiger charge is -2.21. The first-order valence-electron chi connectivity index (χ1n) is 6.77. The van der Waals surface area contributed by atoms with Gasteiger partial charge in [0.05, 0.1) is 21.7 Å². The Hall–Kier alpha value is -2.30. The molecule has 2 aromatic carbocycles. The molecule has 0 radical (unpaired) electrons. The highest BCUT2D eigenvalue weighted by molar-refractivity contribution is 7.92. The third kappa shape index (κ3) is 3.92. The van der Waals surface area contributed by atoms with E-state index in [0.717, 1.165) is 19.2 Å². The van der Waals surface area contributed by atoms with E-state index in [4.69, 9.17) is 0 Å². The fraction of sp³-hybridized carbons (Fsp3) is 0.200. The second-order valence-corrected chi connectivity index (χ2v) is 7.13. The van der Waals surface area contributed by atoms with Crippen LogP contribution in [-0.4, -0.2) is 15.5 Å².